The number of rotatable bonds is 6. The van der Waals surface area contributed by atoms with Gasteiger partial charge in [-0.05, 0) is 59.0 Å². The minimum atomic E-state index is -0.446. The van der Waals surface area contributed by atoms with Gasteiger partial charge in [0, 0.05) is 25.6 Å². The molecule has 9 heteroatoms. The largest absolute Gasteiger partial charge is 0.338 e. The molecule has 164 valence electrons. The molecule has 1 aliphatic heterocycles. The summed E-state index contributed by atoms with van der Waals surface area (Å²) in [6.45, 7) is 1.42. The molecule has 31 heavy (non-hydrogen) atoms. The standard InChI is InChI=1S/C22H24BrFN4O3/c23-18-14-17(6-7-19(18)24)26-21(27-31)20(29)16-9-12-28(13-10-16)22(30)25-11-8-15-4-2-1-3-5-15/h1-7,14,16,31H,8-13H2,(H,25,30)(H,26,27). The molecule has 3 rings (SSSR count). The molecule has 0 aliphatic carbocycles. The number of benzene rings is 2. The molecule has 0 aromatic heterocycles. The number of urea groups is 1. The molecule has 0 unspecified atom stereocenters. The number of amides is 2. The van der Waals surface area contributed by atoms with Crippen LogP contribution in [0.25, 0.3) is 0 Å². The Morgan fingerprint density at radius 2 is 1.87 bits per heavy atom. The van der Waals surface area contributed by atoms with Crippen LogP contribution in [0.4, 0.5) is 14.9 Å². The number of nitrogens with one attached hydrogen (secondary N) is 2. The van der Waals surface area contributed by atoms with Crippen LogP contribution in [0.15, 0.2) is 58.0 Å². The summed E-state index contributed by atoms with van der Waals surface area (Å²) >= 11 is 3.07. The summed E-state index contributed by atoms with van der Waals surface area (Å²) in [5, 5.41) is 12.3. The van der Waals surface area contributed by atoms with E-state index in [1.807, 2.05) is 35.8 Å². The molecule has 1 saturated heterocycles. The first-order valence-corrected chi connectivity index (χ1v) is 10.8. The minimum absolute atomic E-state index is 0.146. The van der Waals surface area contributed by atoms with Crippen LogP contribution in [-0.2, 0) is 11.2 Å². The number of hydroxylamine groups is 1. The Morgan fingerprint density at radius 1 is 1.16 bits per heavy atom. The highest BCUT2D eigenvalue weighted by Crippen LogP contribution is 2.23. The third-order valence-electron chi connectivity index (χ3n) is 5.17. The summed E-state index contributed by atoms with van der Waals surface area (Å²) in [7, 11) is 0. The molecule has 0 spiro atoms. The SMILES string of the molecule is O=C(C(=Nc1ccc(F)c(Br)c1)NO)C1CCN(C(=O)NCCc2ccccc2)CC1. The van der Waals surface area contributed by atoms with Gasteiger partial charge < -0.3 is 10.2 Å². The molecular formula is C22H24BrFN4O3. The average molecular weight is 491 g/mol. The van der Waals surface area contributed by atoms with Crippen molar-refractivity contribution in [2.45, 2.75) is 19.3 Å². The quantitative estimate of drug-likeness (QED) is 0.325. The van der Waals surface area contributed by atoms with Gasteiger partial charge in [0.2, 0.25) is 5.78 Å². The smallest absolute Gasteiger partial charge is 0.317 e. The third kappa shape index (κ3) is 6.35. The van der Waals surface area contributed by atoms with Crippen molar-refractivity contribution in [1.29, 1.82) is 0 Å². The number of Topliss-reactive ketones (excluding diaryl/α,β-unsaturated/α-hetero) is 1. The second-order valence-electron chi connectivity index (χ2n) is 7.26. The van der Waals surface area contributed by atoms with Crippen LogP contribution in [-0.4, -0.2) is 47.4 Å². The fourth-order valence-electron chi connectivity index (χ4n) is 3.43. The number of aliphatic imine (C=N–C) groups is 1. The number of carbonyl (C=O) groups is 2. The lowest BCUT2D eigenvalue weighted by molar-refractivity contribution is -0.118. The second-order valence-corrected chi connectivity index (χ2v) is 8.12. The van der Waals surface area contributed by atoms with Gasteiger partial charge >= 0.3 is 6.03 Å². The maximum atomic E-state index is 13.4. The van der Waals surface area contributed by atoms with Gasteiger partial charge in [-0.3, -0.25) is 10.0 Å². The van der Waals surface area contributed by atoms with Gasteiger partial charge in [0.1, 0.15) is 5.82 Å². The summed E-state index contributed by atoms with van der Waals surface area (Å²) in [4.78, 5) is 30.9. The molecule has 0 bridgehead atoms. The number of carbonyl (C=O) groups excluding carboxylic acids is 2. The van der Waals surface area contributed by atoms with Crippen LogP contribution in [0.2, 0.25) is 0 Å². The Hall–Kier alpha value is -2.78. The number of hydrogen-bond acceptors (Lipinski definition) is 4. The Balaban J connectivity index is 1.50. The Kier molecular flexibility index (Phi) is 8.13. The number of likely N-dealkylation sites (tertiary alicyclic amines) is 1. The zero-order valence-electron chi connectivity index (χ0n) is 16.9. The monoisotopic (exact) mass is 490 g/mol. The van der Waals surface area contributed by atoms with Gasteiger partial charge in [-0.15, -0.1) is 0 Å². The van der Waals surface area contributed by atoms with E-state index < -0.39 is 5.82 Å². The van der Waals surface area contributed by atoms with E-state index in [0.29, 0.717) is 38.2 Å². The molecule has 2 amide bonds. The van der Waals surface area contributed by atoms with E-state index in [-0.39, 0.29) is 28.0 Å². The molecule has 3 N–H and O–H groups in total. The van der Waals surface area contributed by atoms with E-state index in [0.717, 1.165) is 12.0 Å². The van der Waals surface area contributed by atoms with Gasteiger partial charge in [-0.2, -0.15) is 0 Å². The van der Waals surface area contributed by atoms with Crippen LogP contribution in [0.3, 0.4) is 0 Å². The number of amidine groups is 1. The molecule has 2 aromatic rings. The van der Waals surface area contributed by atoms with Crippen LogP contribution in [0, 0.1) is 11.7 Å². The van der Waals surface area contributed by atoms with Gasteiger partial charge in [0.15, 0.2) is 5.84 Å². The van der Waals surface area contributed by atoms with E-state index in [1.165, 1.54) is 18.2 Å². The van der Waals surface area contributed by atoms with Gasteiger partial charge in [-0.25, -0.2) is 19.7 Å². The minimum Gasteiger partial charge on any atom is -0.338 e. The van der Waals surface area contributed by atoms with Gasteiger partial charge in [0.25, 0.3) is 0 Å². The Bertz CT molecular complexity index is 947. The lowest BCUT2D eigenvalue weighted by Crippen LogP contribution is -2.47. The van der Waals surface area contributed by atoms with E-state index in [2.05, 4.69) is 26.2 Å². The summed E-state index contributed by atoms with van der Waals surface area (Å²) in [6.07, 6.45) is 1.69. The highest BCUT2D eigenvalue weighted by Gasteiger charge is 2.29. The third-order valence-corrected chi connectivity index (χ3v) is 5.78. The Morgan fingerprint density at radius 3 is 2.52 bits per heavy atom. The van der Waals surface area contributed by atoms with Crippen molar-refractivity contribution in [3.63, 3.8) is 0 Å². The normalized spacial score (nSPS) is 14.9. The fraction of sp³-hybridized carbons (Fsp3) is 0.318. The molecule has 2 aromatic carbocycles. The lowest BCUT2D eigenvalue weighted by Gasteiger charge is -2.31. The molecule has 7 nitrogen and oxygen atoms in total. The highest BCUT2D eigenvalue weighted by atomic mass is 79.9. The van der Waals surface area contributed by atoms with Crippen molar-refractivity contribution in [2.75, 3.05) is 19.6 Å². The van der Waals surface area contributed by atoms with E-state index in [4.69, 9.17) is 0 Å². The summed E-state index contributed by atoms with van der Waals surface area (Å²) < 4.78 is 13.6. The van der Waals surface area contributed by atoms with Crippen molar-refractivity contribution in [3.05, 3.63) is 64.4 Å². The van der Waals surface area contributed by atoms with Crippen molar-refractivity contribution >= 4 is 39.3 Å². The molecule has 0 saturated carbocycles. The second kappa shape index (κ2) is 11.0. The molecular weight excluding hydrogens is 467 g/mol. The van der Waals surface area contributed by atoms with Crippen molar-refractivity contribution in [3.8, 4) is 0 Å². The van der Waals surface area contributed by atoms with Crippen LogP contribution >= 0.6 is 15.9 Å². The van der Waals surface area contributed by atoms with E-state index in [1.54, 1.807) is 4.90 Å². The molecule has 1 fully saturated rings. The first-order valence-electron chi connectivity index (χ1n) is 10.0. The number of piperidine rings is 1. The number of ketones is 1. The summed E-state index contributed by atoms with van der Waals surface area (Å²) in [5.41, 5.74) is 3.34. The van der Waals surface area contributed by atoms with Crippen molar-refractivity contribution in [2.24, 2.45) is 10.9 Å². The van der Waals surface area contributed by atoms with Crippen molar-refractivity contribution in [1.82, 2.24) is 15.7 Å². The lowest BCUT2D eigenvalue weighted by atomic mass is 9.92. The number of hydrogen-bond donors (Lipinski definition) is 3. The number of nitrogens with zero attached hydrogens (tertiary/aromatic N) is 2. The average Bonchev–Trinajstić information content (AvgIpc) is 2.80. The summed E-state index contributed by atoms with van der Waals surface area (Å²) in [5.74, 6) is -1.36. The predicted octanol–water partition coefficient (Wildman–Crippen LogP) is 3.83. The summed E-state index contributed by atoms with van der Waals surface area (Å²) in [6, 6.07) is 13.8. The van der Waals surface area contributed by atoms with Crippen LogP contribution in [0.1, 0.15) is 18.4 Å². The van der Waals surface area contributed by atoms with E-state index in [9.17, 15) is 19.2 Å². The van der Waals surface area contributed by atoms with Gasteiger partial charge in [-0.1, -0.05) is 30.3 Å². The highest BCUT2D eigenvalue weighted by molar-refractivity contribution is 9.10. The molecule has 0 radical (unpaired) electrons. The number of halogens is 2. The Labute approximate surface area is 188 Å². The topological polar surface area (TPSA) is 94.0 Å². The first kappa shape index (κ1) is 22.9. The van der Waals surface area contributed by atoms with Crippen LogP contribution in [0.5, 0.6) is 0 Å². The maximum Gasteiger partial charge on any atom is 0.317 e. The fourth-order valence-corrected chi connectivity index (χ4v) is 3.79. The molecule has 0 atom stereocenters. The molecule has 1 aliphatic rings. The van der Waals surface area contributed by atoms with Crippen LogP contribution < -0.4 is 10.8 Å². The predicted molar refractivity (Wildman–Crippen MR) is 119 cm³/mol. The maximum absolute atomic E-state index is 13.4. The van der Waals surface area contributed by atoms with Crippen molar-refractivity contribution < 1.29 is 19.2 Å². The first-order chi connectivity index (χ1) is 15.0. The van der Waals surface area contributed by atoms with E-state index >= 15 is 0 Å². The zero-order valence-corrected chi connectivity index (χ0v) is 18.4. The molecule has 1 heterocycles. The zero-order chi connectivity index (χ0) is 22.2. The van der Waals surface area contributed by atoms with Gasteiger partial charge in [0.05, 0.1) is 10.2 Å².